The van der Waals surface area contributed by atoms with Gasteiger partial charge in [0.25, 0.3) is 0 Å². The van der Waals surface area contributed by atoms with Gasteiger partial charge in [-0.05, 0) is 92.2 Å². The van der Waals surface area contributed by atoms with Crippen LogP contribution in [0.1, 0.15) is 66.4 Å². The van der Waals surface area contributed by atoms with Crippen LogP contribution in [0.5, 0.6) is 0 Å². The van der Waals surface area contributed by atoms with Crippen molar-refractivity contribution < 1.29 is 4.52 Å². The van der Waals surface area contributed by atoms with Crippen molar-refractivity contribution in [2.24, 2.45) is 11.7 Å². The van der Waals surface area contributed by atoms with Gasteiger partial charge in [-0.2, -0.15) is 5.26 Å². The number of benzene rings is 1. The minimum absolute atomic E-state index is 0.254. The van der Waals surface area contributed by atoms with Crippen LogP contribution in [0, 0.1) is 31.1 Å². The number of nitrogens with two attached hydrogens (primary N) is 1. The summed E-state index contributed by atoms with van der Waals surface area (Å²) in [6, 6.07) is 16.2. The highest BCUT2D eigenvalue weighted by Gasteiger charge is 2.26. The first-order valence-electron chi connectivity index (χ1n) is 12.3. The average Bonchev–Trinajstić information content (AvgIpc) is 3.14. The van der Waals surface area contributed by atoms with Crippen molar-refractivity contribution in [2.75, 3.05) is 0 Å². The Hall–Kier alpha value is -4.17. The molecule has 5 nitrogen and oxygen atoms in total. The number of aromatic nitrogens is 2. The van der Waals surface area contributed by atoms with E-state index in [-0.39, 0.29) is 11.8 Å². The van der Waals surface area contributed by atoms with Crippen LogP contribution in [0.3, 0.4) is 0 Å². The molecule has 3 aromatic rings. The number of nitriles is 1. The van der Waals surface area contributed by atoms with Crippen LogP contribution in [-0.4, -0.2) is 10.1 Å². The van der Waals surface area contributed by atoms with E-state index in [1.165, 1.54) is 11.1 Å². The van der Waals surface area contributed by atoms with Gasteiger partial charge in [0.1, 0.15) is 5.76 Å². The molecular weight excluding hydrogens is 444 g/mol. The van der Waals surface area contributed by atoms with Crippen molar-refractivity contribution in [3.8, 4) is 6.07 Å². The molecule has 4 rings (SSSR count). The molecule has 36 heavy (non-hydrogen) atoms. The number of allylic oxidation sites excluding steroid dienone is 7. The van der Waals surface area contributed by atoms with Gasteiger partial charge in [-0.3, -0.25) is 4.98 Å². The zero-order chi connectivity index (χ0) is 25.7. The van der Waals surface area contributed by atoms with Crippen molar-refractivity contribution in [1.29, 1.82) is 5.26 Å². The smallest absolute Gasteiger partial charge is 0.141 e. The van der Waals surface area contributed by atoms with Crippen LogP contribution in [0.4, 0.5) is 0 Å². The molecule has 2 atom stereocenters. The molecule has 0 amide bonds. The fraction of sp³-hybridized carbons (Fsp3) is 0.258. The average molecular weight is 477 g/mol. The van der Waals surface area contributed by atoms with Gasteiger partial charge < -0.3 is 10.3 Å². The highest BCUT2D eigenvalue weighted by Crippen LogP contribution is 2.42. The normalized spacial score (nSPS) is 19.6. The molecule has 1 aliphatic carbocycles. The molecule has 0 saturated heterocycles. The van der Waals surface area contributed by atoms with Gasteiger partial charge in [0.05, 0.1) is 17.3 Å². The molecule has 0 bridgehead atoms. The molecule has 1 aromatic carbocycles. The van der Waals surface area contributed by atoms with Crippen LogP contribution in [0.15, 0.2) is 88.8 Å². The molecule has 2 heterocycles. The van der Waals surface area contributed by atoms with E-state index in [4.69, 9.17) is 10.3 Å². The van der Waals surface area contributed by atoms with Crippen molar-refractivity contribution in [2.45, 2.75) is 46.5 Å². The Kier molecular flexibility index (Phi) is 7.65. The zero-order valence-electron chi connectivity index (χ0n) is 21.3. The molecule has 2 N–H and O–H groups in total. The lowest BCUT2D eigenvalue weighted by Gasteiger charge is -2.20. The van der Waals surface area contributed by atoms with Crippen molar-refractivity contribution >= 4 is 11.1 Å². The lowest BCUT2D eigenvalue weighted by molar-refractivity contribution is 0.393. The van der Waals surface area contributed by atoms with Gasteiger partial charge in [0, 0.05) is 35.1 Å². The third-order valence-electron chi connectivity index (χ3n) is 7.01. The van der Waals surface area contributed by atoms with E-state index in [0.29, 0.717) is 5.56 Å². The van der Waals surface area contributed by atoms with E-state index < -0.39 is 0 Å². The van der Waals surface area contributed by atoms with Crippen LogP contribution in [0.25, 0.3) is 11.1 Å². The topological polar surface area (TPSA) is 88.7 Å². The molecule has 0 radical (unpaired) electrons. The minimum atomic E-state index is 0.254. The number of nitrogens with zero attached hydrogens (tertiary/aromatic N) is 3. The van der Waals surface area contributed by atoms with Gasteiger partial charge in [0.2, 0.25) is 0 Å². The van der Waals surface area contributed by atoms with E-state index in [0.717, 1.165) is 52.3 Å². The summed E-state index contributed by atoms with van der Waals surface area (Å²) in [5, 5.41) is 13.4. The highest BCUT2D eigenvalue weighted by atomic mass is 16.5. The molecule has 2 aromatic heterocycles. The van der Waals surface area contributed by atoms with Gasteiger partial charge >= 0.3 is 0 Å². The summed E-state index contributed by atoms with van der Waals surface area (Å²) in [7, 11) is 0. The molecule has 182 valence electrons. The second-order valence-electron chi connectivity index (χ2n) is 9.21. The quantitative estimate of drug-likeness (QED) is 0.427. The van der Waals surface area contributed by atoms with Gasteiger partial charge in [-0.1, -0.05) is 42.4 Å². The first-order chi connectivity index (χ1) is 17.5. The Labute approximate surface area is 213 Å². The molecule has 1 unspecified atom stereocenters. The van der Waals surface area contributed by atoms with Crippen LogP contribution in [0.2, 0.25) is 0 Å². The summed E-state index contributed by atoms with van der Waals surface area (Å²) in [6.45, 7) is 8.17. The first kappa shape index (κ1) is 24.9. The summed E-state index contributed by atoms with van der Waals surface area (Å²) in [6.07, 6.45) is 12.1. The summed E-state index contributed by atoms with van der Waals surface area (Å²) < 4.78 is 5.42. The lowest BCUT2D eigenvalue weighted by Crippen LogP contribution is -2.09. The van der Waals surface area contributed by atoms with Crippen molar-refractivity contribution in [1.82, 2.24) is 10.1 Å². The zero-order valence-corrected chi connectivity index (χ0v) is 21.3. The Morgan fingerprint density at radius 3 is 2.56 bits per heavy atom. The van der Waals surface area contributed by atoms with Crippen LogP contribution in [-0.2, 0) is 0 Å². The maximum absolute atomic E-state index is 9.30. The molecule has 5 heteroatoms. The Morgan fingerprint density at radius 1 is 1.19 bits per heavy atom. The molecule has 0 fully saturated rings. The minimum Gasteiger partial charge on any atom is -0.404 e. The van der Waals surface area contributed by atoms with E-state index >= 15 is 0 Å². The highest BCUT2D eigenvalue weighted by molar-refractivity contribution is 5.87. The van der Waals surface area contributed by atoms with E-state index in [1.54, 1.807) is 6.20 Å². The summed E-state index contributed by atoms with van der Waals surface area (Å²) in [5.41, 5.74) is 15.1. The van der Waals surface area contributed by atoms with E-state index in [2.05, 4.69) is 54.4 Å². The monoisotopic (exact) mass is 476 g/mol. The number of hydrogen-bond donors (Lipinski definition) is 1. The summed E-state index contributed by atoms with van der Waals surface area (Å²) in [4.78, 5) is 4.64. The van der Waals surface area contributed by atoms with Gasteiger partial charge in [-0.25, -0.2) is 0 Å². The third-order valence-corrected chi connectivity index (χ3v) is 7.01. The Morgan fingerprint density at radius 2 is 1.97 bits per heavy atom. The Balaban J connectivity index is 1.83. The SMILES string of the molecule is C\C=C1/C(c2ccc(C#N)cc2)=CC([C@@H](C)c2ccccn2)CC/C1=C/C(=C\N)c1c(C)noc1C. The van der Waals surface area contributed by atoms with Crippen LogP contribution >= 0.6 is 0 Å². The number of rotatable bonds is 5. The van der Waals surface area contributed by atoms with Crippen LogP contribution < -0.4 is 5.73 Å². The predicted octanol–water partition coefficient (Wildman–Crippen LogP) is 7.03. The maximum atomic E-state index is 9.30. The van der Waals surface area contributed by atoms with E-state index in [9.17, 15) is 5.26 Å². The van der Waals surface area contributed by atoms with Gasteiger partial charge in [0.15, 0.2) is 0 Å². The second-order valence-corrected chi connectivity index (χ2v) is 9.21. The largest absolute Gasteiger partial charge is 0.404 e. The Bertz CT molecular complexity index is 1360. The molecule has 0 spiro atoms. The first-order valence-corrected chi connectivity index (χ1v) is 12.3. The fourth-order valence-corrected chi connectivity index (χ4v) is 5.03. The second kappa shape index (κ2) is 11.0. The standard InChI is InChI=1S/C31H32N4O/c1-5-28-26(16-27(19-33)31-21(3)35-36-22(31)4)14-13-25(20(2)30-8-6-7-15-34-30)17-29(28)24-11-9-23(18-32)10-12-24/h5-12,15-17,19-20,25H,13-14,33H2,1-4H3/b26-16-,27-19+,28-5-/t20-,25?/m1/s1. The third kappa shape index (κ3) is 5.08. The fourth-order valence-electron chi connectivity index (χ4n) is 5.03. The molecule has 1 aliphatic rings. The molecular formula is C31H32N4O. The summed E-state index contributed by atoms with van der Waals surface area (Å²) in [5.74, 6) is 1.29. The number of aryl methyl sites for hydroxylation is 2. The van der Waals surface area contributed by atoms with E-state index in [1.807, 2.05) is 56.4 Å². The summed E-state index contributed by atoms with van der Waals surface area (Å²) >= 11 is 0. The number of pyridine rings is 1. The lowest BCUT2D eigenvalue weighted by atomic mass is 9.86. The maximum Gasteiger partial charge on any atom is 0.141 e. The van der Waals surface area contributed by atoms with Crippen molar-refractivity contribution in [3.05, 3.63) is 118 Å². The number of hydrogen-bond acceptors (Lipinski definition) is 5. The van der Waals surface area contributed by atoms with Crippen molar-refractivity contribution in [3.63, 3.8) is 0 Å². The predicted molar refractivity (Wildman–Crippen MR) is 144 cm³/mol. The molecule has 0 saturated carbocycles. The van der Waals surface area contributed by atoms with Gasteiger partial charge in [-0.15, -0.1) is 0 Å². The molecule has 0 aliphatic heterocycles.